The van der Waals surface area contributed by atoms with Crippen LogP contribution in [-0.2, 0) is 6.18 Å². The quantitative estimate of drug-likeness (QED) is 0.840. The standard InChI is InChI=1S/C14H17F5N2.ClH/c15-4-3-13(21-7-5-20-6-8-21)11-9-10(14(17,18)19)1-2-12(11)16;/h1-2,9,13,20H,3-8H2;1H/t13-;/m1./s1. The molecule has 0 saturated carbocycles. The molecule has 1 atom stereocenters. The van der Waals surface area contributed by atoms with Crippen molar-refractivity contribution >= 4 is 12.4 Å². The summed E-state index contributed by atoms with van der Waals surface area (Å²) in [6.07, 6.45) is -4.55. The molecule has 2 rings (SSSR count). The third kappa shape index (κ3) is 4.54. The first-order valence-electron chi connectivity index (χ1n) is 6.81. The smallest absolute Gasteiger partial charge is 0.314 e. The zero-order valence-electron chi connectivity index (χ0n) is 11.8. The summed E-state index contributed by atoms with van der Waals surface area (Å²) in [5.74, 6) is -0.722. The first kappa shape index (κ1) is 19.1. The van der Waals surface area contributed by atoms with E-state index in [1.54, 1.807) is 0 Å². The van der Waals surface area contributed by atoms with Crippen LogP contribution in [-0.4, -0.2) is 37.8 Å². The second kappa shape index (κ2) is 8.08. The predicted octanol–water partition coefficient (Wildman–Crippen LogP) is 3.57. The Morgan fingerprint density at radius 2 is 1.82 bits per heavy atom. The fraction of sp³-hybridized carbons (Fsp3) is 0.571. The Kier molecular flexibility index (Phi) is 7.02. The van der Waals surface area contributed by atoms with E-state index in [2.05, 4.69) is 5.32 Å². The van der Waals surface area contributed by atoms with Crippen LogP contribution >= 0.6 is 12.4 Å². The molecule has 126 valence electrons. The Bertz CT molecular complexity index is 475. The summed E-state index contributed by atoms with van der Waals surface area (Å²) in [5.41, 5.74) is -0.984. The number of piperazine rings is 1. The summed E-state index contributed by atoms with van der Waals surface area (Å²) in [5, 5.41) is 3.10. The van der Waals surface area contributed by atoms with Crippen molar-refractivity contribution < 1.29 is 22.0 Å². The molecule has 1 aliphatic heterocycles. The van der Waals surface area contributed by atoms with Crippen molar-refractivity contribution in [3.63, 3.8) is 0 Å². The van der Waals surface area contributed by atoms with Gasteiger partial charge in [0.15, 0.2) is 0 Å². The van der Waals surface area contributed by atoms with Crippen LogP contribution in [0.15, 0.2) is 18.2 Å². The van der Waals surface area contributed by atoms with Crippen molar-refractivity contribution in [2.45, 2.75) is 18.6 Å². The molecule has 0 amide bonds. The van der Waals surface area contributed by atoms with Gasteiger partial charge in [-0.25, -0.2) is 4.39 Å². The lowest BCUT2D eigenvalue weighted by Gasteiger charge is -2.35. The van der Waals surface area contributed by atoms with Gasteiger partial charge in [0.2, 0.25) is 0 Å². The first-order valence-corrected chi connectivity index (χ1v) is 6.81. The number of rotatable bonds is 4. The second-order valence-corrected chi connectivity index (χ2v) is 5.01. The number of halogens is 6. The number of benzene rings is 1. The van der Waals surface area contributed by atoms with E-state index in [1.807, 2.05) is 4.90 Å². The van der Waals surface area contributed by atoms with Crippen molar-refractivity contribution in [2.75, 3.05) is 32.9 Å². The highest BCUT2D eigenvalue weighted by Gasteiger charge is 2.33. The van der Waals surface area contributed by atoms with Crippen molar-refractivity contribution in [3.8, 4) is 0 Å². The number of alkyl halides is 4. The van der Waals surface area contributed by atoms with Gasteiger partial charge in [0.25, 0.3) is 0 Å². The Morgan fingerprint density at radius 1 is 1.18 bits per heavy atom. The normalized spacial score (nSPS) is 17.9. The molecule has 0 radical (unpaired) electrons. The van der Waals surface area contributed by atoms with E-state index in [9.17, 15) is 22.0 Å². The molecule has 1 N–H and O–H groups in total. The SMILES string of the molecule is Cl.FCC[C@H](c1cc(C(F)(F)F)ccc1F)N1CCNCC1. The van der Waals surface area contributed by atoms with Gasteiger partial charge in [0.1, 0.15) is 5.82 Å². The Morgan fingerprint density at radius 3 is 2.36 bits per heavy atom. The molecule has 0 aliphatic carbocycles. The van der Waals surface area contributed by atoms with Gasteiger partial charge in [-0.1, -0.05) is 0 Å². The summed E-state index contributed by atoms with van der Waals surface area (Å²) >= 11 is 0. The maximum absolute atomic E-state index is 14.0. The van der Waals surface area contributed by atoms with Crippen LogP contribution in [0, 0.1) is 5.82 Å². The number of hydrogen-bond donors (Lipinski definition) is 1. The van der Waals surface area contributed by atoms with Gasteiger partial charge in [0, 0.05) is 37.8 Å². The molecule has 0 aromatic heterocycles. The lowest BCUT2D eigenvalue weighted by Crippen LogP contribution is -2.45. The molecular formula is C14H18ClF5N2. The van der Waals surface area contributed by atoms with Crippen LogP contribution in [0.3, 0.4) is 0 Å². The van der Waals surface area contributed by atoms with Crippen LogP contribution in [0.25, 0.3) is 0 Å². The fourth-order valence-electron chi connectivity index (χ4n) is 2.61. The maximum Gasteiger partial charge on any atom is 0.416 e. The average Bonchev–Trinajstić information content (AvgIpc) is 2.45. The highest BCUT2D eigenvalue weighted by atomic mass is 35.5. The molecule has 0 bridgehead atoms. The van der Waals surface area contributed by atoms with Crippen molar-refractivity contribution in [1.82, 2.24) is 10.2 Å². The van der Waals surface area contributed by atoms with Crippen LogP contribution in [0.2, 0.25) is 0 Å². The summed E-state index contributed by atoms with van der Waals surface area (Å²) < 4.78 is 65.0. The Labute approximate surface area is 132 Å². The Hall–Kier alpha value is -0.920. The van der Waals surface area contributed by atoms with E-state index < -0.39 is 30.3 Å². The lowest BCUT2D eigenvalue weighted by atomic mass is 9.98. The van der Waals surface area contributed by atoms with Crippen LogP contribution in [0.1, 0.15) is 23.6 Å². The molecule has 0 spiro atoms. The molecule has 1 aromatic rings. The average molecular weight is 345 g/mol. The maximum atomic E-state index is 14.0. The van der Waals surface area contributed by atoms with Gasteiger partial charge >= 0.3 is 6.18 Å². The number of hydrogen-bond acceptors (Lipinski definition) is 2. The topological polar surface area (TPSA) is 15.3 Å². The molecule has 1 aromatic carbocycles. The van der Waals surface area contributed by atoms with Gasteiger partial charge in [-0.3, -0.25) is 9.29 Å². The molecule has 22 heavy (non-hydrogen) atoms. The molecule has 1 saturated heterocycles. The molecule has 1 aliphatic rings. The second-order valence-electron chi connectivity index (χ2n) is 5.01. The monoisotopic (exact) mass is 344 g/mol. The van der Waals surface area contributed by atoms with E-state index in [-0.39, 0.29) is 24.4 Å². The van der Waals surface area contributed by atoms with E-state index in [4.69, 9.17) is 0 Å². The van der Waals surface area contributed by atoms with Gasteiger partial charge in [0.05, 0.1) is 12.2 Å². The van der Waals surface area contributed by atoms with E-state index in [0.717, 1.165) is 12.1 Å². The minimum absolute atomic E-state index is 0. The van der Waals surface area contributed by atoms with E-state index in [1.165, 1.54) is 0 Å². The molecule has 0 unspecified atom stereocenters. The zero-order chi connectivity index (χ0) is 15.5. The third-order valence-electron chi connectivity index (χ3n) is 3.66. The number of nitrogens with one attached hydrogen (secondary N) is 1. The molecular weight excluding hydrogens is 327 g/mol. The van der Waals surface area contributed by atoms with Crippen molar-refractivity contribution in [3.05, 3.63) is 35.1 Å². The highest BCUT2D eigenvalue weighted by molar-refractivity contribution is 5.85. The van der Waals surface area contributed by atoms with E-state index in [0.29, 0.717) is 32.2 Å². The summed E-state index contributed by atoms with van der Waals surface area (Å²) in [4.78, 5) is 1.83. The van der Waals surface area contributed by atoms with Gasteiger partial charge < -0.3 is 5.32 Å². The fourth-order valence-corrected chi connectivity index (χ4v) is 2.61. The predicted molar refractivity (Wildman–Crippen MR) is 76.4 cm³/mol. The molecule has 8 heteroatoms. The molecule has 2 nitrogen and oxygen atoms in total. The van der Waals surface area contributed by atoms with Crippen molar-refractivity contribution in [1.29, 1.82) is 0 Å². The van der Waals surface area contributed by atoms with Gasteiger partial charge in [-0.2, -0.15) is 13.2 Å². The number of nitrogens with zero attached hydrogens (tertiary/aromatic N) is 1. The van der Waals surface area contributed by atoms with Gasteiger partial charge in [-0.15, -0.1) is 12.4 Å². The summed E-state index contributed by atoms with van der Waals surface area (Å²) in [7, 11) is 0. The third-order valence-corrected chi connectivity index (χ3v) is 3.66. The van der Waals surface area contributed by atoms with Gasteiger partial charge in [-0.05, 0) is 24.6 Å². The highest BCUT2D eigenvalue weighted by Crippen LogP contribution is 2.34. The first-order chi connectivity index (χ1) is 9.93. The lowest BCUT2D eigenvalue weighted by molar-refractivity contribution is -0.137. The largest absolute Gasteiger partial charge is 0.416 e. The minimum atomic E-state index is -4.54. The summed E-state index contributed by atoms with van der Waals surface area (Å²) in [6.45, 7) is 1.72. The Balaban J connectivity index is 0.00000242. The van der Waals surface area contributed by atoms with Crippen LogP contribution < -0.4 is 5.32 Å². The summed E-state index contributed by atoms with van der Waals surface area (Å²) in [6, 6.07) is 1.66. The molecule has 1 fully saturated rings. The molecule has 1 heterocycles. The van der Waals surface area contributed by atoms with Crippen LogP contribution in [0.4, 0.5) is 22.0 Å². The van der Waals surface area contributed by atoms with E-state index >= 15 is 0 Å². The van der Waals surface area contributed by atoms with Crippen molar-refractivity contribution in [2.24, 2.45) is 0 Å². The zero-order valence-corrected chi connectivity index (χ0v) is 12.6. The van der Waals surface area contributed by atoms with Crippen LogP contribution in [0.5, 0.6) is 0 Å². The minimum Gasteiger partial charge on any atom is -0.314 e.